The Balaban J connectivity index is 1.27. The number of methoxy groups -OCH3 is 1. The van der Waals surface area contributed by atoms with Crippen LogP contribution in [0, 0.1) is 5.92 Å². The predicted molar refractivity (Wildman–Crippen MR) is 155 cm³/mol. The third kappa shape index (κ3) is 6.09. The maximum Gasteiger partial charge on any atom is 0.415 e. The molecule has 3 heterocycles. The summed E-state index contributed by atoms with van der Waals surface area (Å²) >= 11 is 6.15. The summed E-state index contributed by atoms with van der Waals surface area (Å²) in [6.45, 7) is 2.45. The molecule has 40 heavy (non-hydrogen) atoms. The van der Waals surface area contributed by atoms with E-state index in [9.17, 15) is 9.59 Å². The highest BCUT2D eigenvalue weighted by Crippen LogP contribution is 2.34. The molecule has 2 aliphatic rings. The summed E-state index contributed by atoms with van der Waals surface area (Å²) in [7, 11) is 3.31. The molecular formula is C30H34ClN5O4. The van der Waals surface area contributed by atoms with Crippen LogP contribution in [-0.4, -0.2) is 73.2 Å². The summed E-state index contributed by atoms with van der Waals surface area (Å²) in [6, 6.07) is 18.0. The van der Waals surface area contributed by atoms with E-state index in [2.05, 4.69) is 9.88 Å². The lowest BCUT2D eigenvalue weighted by atomic mass is 9.93. The Morgan fingerprint density at radius 3 is 2.27 bits per heavy atom. The van der Waals surface area contributed by atoms with Crippen molar-refractivity contribution >= 4 is 35.1 Å². The second-order valence-corrected chi connectivity index (χ2v) is 10.8. The van der Waals surface area contributed by atoms with E-state index in [1.54, 1.807) is 49.5 Å². The number of nitrogens with two attached hydrogens (primary N) is 1. The van der Waals surface area contributed by atoms with Crippen LogP contribution in [0.2, 0.25) is 5.02 Å². The zero-order chi connectivity index (χ0) is 28.2. The van der Waals surface area contributed by atoms with Crippen molar-refractivity contribution in [3.05, 3.63) is 77.4 Å². The van der Waals surface area contributed by atoms with E-state index in [0.717, 1.165) is 37.3 Å². The van der Waals surface area contributed by atoms with Gasteiger partial charge in [-0.15, -0.1) is 0 Å². The fourth-order valence-corrected chi connectivity index (χ4v) is 5.67. The fraction of sp³-hybridized carbons (Fsp3) is 0.367. The van der Waals surface area contributed by atoms with Crippen molar-refractivity contribution in [3.63, 3.8) is 0 Å². The number of ether oxygens (including phenoxy) is 2. The molecule has 2 aromatic carbocycles. The van der Waals surface area contributed by atoms with Crippen LogP contribution in [0.3, 0.4) is 0 Å². The van der Waals surface area contributed by atoms with Crippen molar-refractivity contribution in [1.29, 1.82) is 0 Å². The molecule has 2 aliphatic heterocycles. The SMILES string of the molecule is COc1ccc(OC(=O)N(C)[C@@H]2CN(C(=O)C3CCN(c4ccc(N)cn4)CC3)C[C@H]2c2ccc(Cl)cc2)cc1. The van der Waals surface area contributed by atoms with Gasteiger partial charge in [0.25, 0.3) is 0 Å². The standard InChI is InChI=1S/C30H34ClN5O4/c1-34(30(38)40-25-10-8-24(39-2)9-11-25)27-19-36(18-26(27)20-3-5-22(31)6-4-20)29(37)21-13-15-35(16-14-21)28-12-7-23(32)17-33-28/h3-12,17,21,26-27H,13-16,18-19,32H2,1-2H3/t26-,27+/m0/s1. The number of carbonyl (C=O) groups excluding carboxylic acids is 2. The molecule has 1 aromatic heterocycles. The highest BCUT2D eigenvalue weighted by Gasteiger charge is 2.42. The molecule has 2 fully saturated rings. The van der Waals surface area contributed by atoms with Crippen molar-refractivity contribution in [2.24, 2.45) is 5.92 Å². The summed E-state index contributed by atoms with van der Waals surface area (Å²) in [4.78, 5) is 37.0. The van der Waals surface area contributed by atoms with Crippen LogP contribution in [-0.2, 0) is 4.79 Å². The zero-order valence-electron chi connectivity index (χ0n) is 22.7. The molecule has 10 heteroatoms. The van der Waals surface area contributed by atoms with Gasteiger partial charge in [-0.3, -0.25) is 4.79 Å². The van der Waals surface area contributed by atoms with E-state index >= 15 is 0 Å². The molecule has 2 amide bonds. The van der Waals surface area contributed by atoms with Crippen LogP contribution in [0.25, 0.3) is 0 Å². The number of pyridine rings is 1. The van der Waals surface area contributed by atoms with Gasteiger partial charge in [0.2, 0.25) is 5.91 Å². The number of anilines is 2. The van der Waals surface area contributed by atoms with Crippen LogP contribution in [0.4, 0.5) is 16.3 Å². The average Bonchev–Trinajstić information content (AvgIpc) is 3.43. The number of rotatable bonds is 6. The number of nitrogen functional groups attached to an aromatic ring is 1. The number of halogens is 1. The number of likely N-dealkylation sites (N-methyl/N-ethyl adjacent to an activating group) is 1. The van der Waals surface area contributed by atoms with E-state index in [0.29, 0.717) is 35.3 Å². The number of aromatic nitrogens is 1. The smallest absolute Gasteiger partial charge is 0.415 e. The van der Waals surface area contributed by atoms with Gasteiger partial charge in [0.1, 0.15) is 17.3 Å². The highest BCUT2D eigenvalue weighted by atomic mass is 35.5. The van der Waals surface area contributed by atoms with Crippen molar-refractivity contribution < 1.29 is 19.1 Å². The lowest BCUT2D eigenvalue weighted by Crippen LogP contribution is -2.45. The first-order valence-corrected chi connectivity index (χ1v) is 13.8. The third-order valence-corrected chi connectivity index (χ3v) is 8.14. The van der Waals surface area contributed by atoms with Crippen LogP contribution < -0.4 is 20.1 Å². The summed E-state index contributed by atoms with van der Waals surface area (Å²) in [6.07, 6.45) is 2.66. The van der Waals surface area contributed by atoms with Gasteiger partial charge in [-0.25, -0.2) is 9.78 Å². The number of piperidine rings is 1. The van der Waals surface area contributed by atoms with E-state index in [4.69, 9.17) is 26.8 Å². The Hall–Kier alpha value is -3.98. The molecule has 0 unspecified atom stereocenters. The van der Waals surface area contributed by atoms with Crippen molar-refractivity contribution in [2.45, 2.75) is 24.8 Å². The Morgan fingerprint density at radius 2 is 1.65 bits per heavy atom. The minimum atomic E-state index is -0.479. The molecule has 2 N–H and O–H groups in total. The summed E-state index contributed by atoms with van der Waals surface area (Å²) in [5.41, 5.74) is 7.43. The van der Waals surface area contributed by atoms with Crippen LogP contribution in [0.1, 0.15) is 24.3 Å². The predicted octanol–water partition coefficient (Wildman–Crippen LogP) is 4.67. The molecule has 3 aromatic rings. The van der Waals surface area contributed by atoms with Gasteiger partial charge >= 0.3 is 6.09 Å². The van der Waals surface area contributed by atoms with Gasteiger partial charge in [0.15, 0.2) is 0 Å². The molecular weight excluding hydrogens is 530 g/mol. The van der Waals surface area contributed by atoms with Gasteiger partial charge in [-0.2, -0.15) is 0 Å². The van der Waals surface area contributed by atoms with Gasteiger partial charge in [-0.1, -0.05) is 23.7 Å². The first-order chi connectivity index (χ1) is 19.3. The second kappa shape index (κ2) is 12.0. The Kier molecular flexibility index (Phi) is 8.30. The summed E-state index contributed by atoms with van der Waals surface area (Å²) in [5.74, 6) is 1.95. The normalized spacial score (nSPS) is 19.4. The second-order valence-electron chi connectivity index (χ2n) is 10.3. The van der Waals surface area contributed by atoms with Gasteiger partial charge in [-0.05, 0) is 66.9 Å². The zero-order valence-corrected chi connectivity index (χ0v) is 23.5. The molecule has 210 valence electrons. The van der Waals surface area contributed by atoms with Gasteiger partial charge in [0, 0.05) is 50.1 Å². The van der Waals surface area contributed by atoms with Crippen molar-refractivity contribution in [2.75, 3.05) is 51.0 Å². The fourth-order valence-electron chi connectivity index (χ4n) is 5.55. The molecule has 0 saturated carbocycles. The number of amides is 2. The van der Waals surface area contributed by atoms with Gasteiger partial charge in [0.05, 0.1) is 25.0 Å². The lowest BCUT2D eigenvalue weighted by molar-refractivity contribution is -0.135. The summed E-state index contributed by atoms with van der Waals surface area (Å²) < 4.78 is 10.8. The van der Waals surface area contributed by atoms with Crippen LogP contribution in [0.5, 0.6) is 11.5 Å². The van der Waals surface area contributed by atoms with Crippen molar-refractivity contribution in [3.8, 4) is 11.5 Å². The number of benzene rings is 2. The average molecular weight is 564 g/mol. The highest BCUT2D eigenvalue weighted by molar-refractivity contribution is 6.30. The first kappa shape index (κ1) is 27.6. The Morgan fingerprint density at radius 1 is 0.975 bits per heavy atom. The molecule has 0 bridgehead atoms. The van der Waals surface area contributed by atoms with Crippen LogP contribution in [0.15, 0.2) is 66.9 Å². The number of nitrogens with zero attached hydrogens (tertiary/aromatic N) is 4. The molecule has 5 rings (SSSR count). The Bertz CT molecular complexity index is 1310. The molecule has 0 radical (unpaired) electrons. The van der Waals surface area contributed by atoms with Crippen molar-refractivity contribution in [1.82, 2.24) is 14.8 Å². The van der Waals surface area contributed by atoms with E-state index < -0.39 is 6.09 Å². The molecule has 0 aliphatic carbocycles. The number of hydrogen-bond acceptors (Lipinski definition) is 7. The maximum absolute atomic E-state index is 13.7. The van der Waals surface area contributed by atoms with Crippen LogP contribution >= 0.6 is 11.6 Å². The first-order valence-electron chi connectivity index (χ1n) is 13.4. The molecule has 0 spiro atoms. The number of likely N-dealkylation sites (tertiary alicyclic amines) is 1. The largest absolute Gasteiger partial charge is 0.497 e. The number of hydrogen-bond donors (Lipinski definition) is 1. The van der Waals surface area contributed by atoms with E-state index in [1.165, 1.54) is 0 Å². The molecule has 2 atom stereocenters. The topological polar surface area (TPSA) is 101 Å². The van der Waals surface area contributed by atoms with E-state index in [-0.39, 0.29) is 23.8 Å². The molecule has 2 saturated heterocycles. The quantitative estimate of drug-likeness (QED) is 0.465. The number of carbonyl (C=O) groups is 2. The summed E-state index contributed by atoms with van der Waals surface area (Å²) in [5, 5.41) is 0.640. The van der Waals surface area contributed by atoms with Gasteiger partial charge < -0.3 is 29.9 Å². The monoisotopic (exact) mass is 563 g/mol. The lowest BCUT2D eigenvalue weighted by Gasteiger charge is -2.34. The minimum Gasteiger partial charge on any atom is -0.497 e. The maximum atomic E-state index is 13.7. The third-order valence-electron chi connectivity index (χ3n) is 7.89. The Labute approximate surface area is 239 Å². The minimum absolute atomic E-state index is 0.0753. The molecule has 9 nitrogen and oxygen atoms in total. The van der Waals surface area contributed by atoms with E-state index in [1.807, 2.05) is 41.3 Å².